The highest BCUT2D eigenvalue weighted by Crippen LogP contribution is 2.02. The van der Waals surface area contributed by atoms with Crippen molar-refractivity contribution in [3.05, 3.63) is 35.6 Å². The molecule has 1 amide bonds. The first-order valence-corrected chi connectivity index (χ1v) is 4.44. The molecule has 0 aromatic heterocycles. The highest BCUT2D eigenvalue weighted by Gasteiger charge is 1.98. The van der Waals surface area contributed by atoms with Crippen molar-refractivity contribution in [2.24, 2.45) is 5.10 Å². The molecule has 15 heavy (non-hydrogen) atoms. The minimum absolute atomic E-state index is 0.265. The van der Waals surface area contributed by atoms with Crippen LogP contribution >= 0.6 is 0 Å². The molecule has 4 nitrogen and oxygen atoms in total. The Bertz CT molecular complexity index is 366. The Morgan fingerprint density at radius 1 is 1.60 bits per heavy atom. The number of ether oxygens (including phenoxy) is 1. The topological polar surface area (TPSA) is 50.7 Å². The van der Waals surface area contributed by atoms with Crippen LogP contribution in [-0.2, 0) is 4.74 Å². The van der Waals surface area contributed by atoms with Crippen LogP contribution in [0.5, 0.6) is 0 Å². The van der Waals surface area contributed by atoms with Gasteiger partial charge in [-0.1, -0.05) is 18.2 Å². The summed E-state index contributed by atoms with van der Waals surface area (Å²) in [6.45, 7) is 1.95. The lowest BCUT2D eigenvalue weighted by atomic mass is 10.2. The van der Waals surface area contributed by atoms with Gasteiger partial charge in [-0.3, -0.25) is 0 Å². The van der Waals surface area contributed by atoms with Crippen LogP contribution in [0.25, 0.3) is 0 Å². The van der Waals surface area contributed by atoms with Gasteiger partial charge >= 0.3 is 6.09 Å². The molecule has 0 aliphatic rings. The summed E-state index contributed by atoms with van der Waals surface area (Å²) in [4.78, 5) is 10.8. The molecular formula is C10H11FN2O2. The number of halogens is 1. The Morgan fingerprint density at radius 2 is 2.33 bits per heavy atom. The van der Waals surface area contributed by atoms with E-state index in [0.29, 0.717) is 5.56 Å². The summed E-state index contributed by atoms with van der Waals surface area (Å²) in [7, 11) is 0. The van der Waals surface area contributed by atoms with E-state index in [9.17, 15) is 9.18 Å². The number of carbonyl (C=O) groups excluding carboxylic acids is 1. The number of nitrogens with one attached hydrogen (secondary N) is 1. The van der Waals surface area contributed by atoms with Crippen LogP contribution in [0.1, 0.15) is 12.5 Å². The van der Waals surface area contributed by atoms with Gasteiger partial charge in [0.05, 0.1) is 12.8 Å². The molecule has 1 aromatic rings. The Balaban J connectivity index is 2.52. The molecule has 80 valence electrons. The van der Waals surface area contributed by atoms with Gasteiger partial charge in [-0.25, -0.2) is 14.6 Å². The molecule has 0 spiro atoms. The van der Waals surface area contributed by atoms with Crippen LogP contribution in [0.3, 0.4) is 0 Å². The molecule has 0 fully saturated rings. The van der Waals surface area contributed by atoms with Gasteiger partial charge in [-0.15, -0.1) is 0 Å². The maximum absolute atomic E-state index is 13.0. The van der Waals surface area contributed by atoms with Crippen molar-refractivity contribution in [2.45, 2.75) is 6.92 Å². The fraction of sp³-hybridized carbons (Fsp3) is 0.200. The summed E-state index contributed by atoms with van der Waals surface area (Å²) >= 11 is 0. The van der Waals surface area contributed by atoms with E-state index in [-0.39, 0.29) is 6.61 Å². The maximum atomic E-state index is 13.0. The summed E-state index contributed by atoms with van der Waals surface area (Å²) in [5.41, 5.74) is 2.40. The molecule has 0 atom stereocenters. The quantitative estimate of drug-likeness (QED) is 0.612. The molecule has 0 saturated carbocycles. The second-order valence-corrected chi connectivity index (χ2v) is 2.61. The first-order chi connectivity index (χ1) is 7.24. The van der Waals surface area contributed by atoms with E-state index in [0.717, 1.165) is 0 Å². The Morgan fingerprint density at radius 3 is 3.00 bits per heavy atom. The van der Waals surface area contributed by atoms with E-state index >= 15 is 0 Å². The van der Waals surface area contributed by atoms with Gasteiger partial charge in [0, 0.05) is 5.56 Å². The average Bonchev–Trinajstić information content (AvgIpc) is 2.21. The van der Waals surface area contributed by atoms with Gasteiger partial charge in [0.1, 0.15) is 5.82 Å². The van der Waals surface area contributed by atoms with Gasteiger partial charge in [-0.05, 0) is 13.0 Å². The predicted octanol–water partition coefficient (Wildman–Crippen LogP) is 1.91. The number of carbonyl (C=O) groups is 1. The molecule has 0 heterocycles. The summed E-state index contributed by atoms with van der Waals surface area (Å²) in [6.07, 6.45) is 0.553. The molecular weight excluding hydrogens is 199 g/mol. The minimum atomic E-state index is -0.662. The highest BCUT2D eigenvalue weighted by atomic mass is 19.1. The molecule has 0 radical (unpaired) electrons. The van der Waals surface area contributed by atoms with E-state index < -0.39 is 11.9 Å². The van der Waals surface area contributed by atoms with Crippen LogP contribution in [0.2, 0.25) is 0 Å². The fourth-order valence-electron chi connectivity index (χ4n) is 0.898. The Labute approximate surface area is 86.7 Å². The zero-order chi connectivity index (χ0) is 11.1. The number of benzene rings is 1. The summed E-state index contributed by atoms with van der Waals surface area (Å²) < 4.78 is 17.6. The average molecular weight is 210 g/mol. The molecule has 0 aliphatic carbocycles. The Hall–Kier alpha value is -1.91. The number of hydrogen-bond acceptors (Lipinski definition) is 3. The monoisotopic (exact) mass is 210 g/mol. The summed E-state index contributed by atoms with van der Waals surface area (Å²) in [6, 6.07) is 6.11. The second-order valence-electron chi connectivity index (χ2n) is 2.61. The van der Waals surface area contributed by atoms with Crippen molar-refractivity contribution in [1.29, 1.82) is 0 Å². The van der Waals surface area contributed by atoms with E-state index in [1.165, 1.54) is 12.3 Å². The third kappa shape index (κ3) is 3.76. The standard InChI is InChI=1S/C10H11FN2O2/c1-2-15-10(14)13-12-7-8-5-3-4-6-9(8)11/h3-7H,2H2,1H3,(H,13,14)/b12-7+. The third-order valence-corrected chi connectivity index (χ3v) is 1.54. The summed E-state index contributed by atoms with van der Waals surface area (Å²) in [5, 5.41) is 3.53. The van der Waals surface area contributed by atoms with Crippen molar-refractivity contribution < 1.29 is 13.9 Å². The van der Waals surface area contributed by atoms with Gasteiger partial charge in [0.25, 0.3) is 0 Å². The summed E-state index contributed by atoms with van der Waals surface area (Å²) in [5.74, 6) is -0.396. The van der Waals surface area contributed by atoms with E-state index in [2.05, 4.69) is 15.3 Å². The zero-order valence-corrected chi connectivity index (χ0v) is 8.24. The lowest BCUT2D eigenvalue weighted by Gasteiger charge is -1.98. The number of hydrogen-bond donors (Lipinski definition) is 1. The lowest BCUT2D eigenvalue weighted by Crippen LogP contribution is -2.18. The molecule has 0 unspecified atom stereocenters. The first-order valence-electron chi connectivity index (χ1n) is 4.44. The van der Waals surface area contributed by atoms with E-state index in [1.54, 1.807) is 25.1 Å². The first kappa shape index (κ1) is 11.2. The van der Waals surface area contributed by atoms with Crippen LogP contribution in [-0.4, -0.2) is 18.9 Å². The largest absolute Gasteiger partial charge is 0.449 e. The van der Waals surface area contributed by atoms with Crippen molar-refractivity contribution in [2.75, 3.05) is 6.61 Å². The number of rotatable bonds is 3. The second kappa shape index (κ2) is 5.74. The predicted molar refractivity (Wildman–Crippen MR) is 54.2 cm³/mol. The minimum Gasteiger partial charge on any atom is -0.449 e. The SMILES string of the molecule is CCOC(=O)N/N=C/c1ccccc1F. The number of amides is 1. The molecule has 1 rings (SSSR count). The van der Waals surface area contributed by atoms with Crippen LogP contribution < -0.4 is 5.43 Å². The highest BCUT2D eigenvalue weighted by molar-refractivity contribution is 5.81. The van der Waals surface area contributed by atoms with Crippen molar-refractivity contribution in [3.8, 4) is 0 Å². The van der Waals surface area contributed by atoms with E-state index in [1.807, 2.05) is 0 Å². The molecule has 1 N–H and O–H groups in total. The normalized spacial score (nSPS) is 10.3. The van der Waals surface area contributed by atoms with Gasteiger partial charge < -0.3 is 4.74 Å². The van der Waals surface area contributed by atoms with Crippen molar-refractivity contribution in [1.82, 2.24) is 5.43 Å². The number of nitrogens with zero attached hydrogens (tertiary/aromatic N) is 1. The third-order valence-electron chi connectivity index (χ3n) is 1.54. The molecule has 0 aliphatic heterocycles. The van der Waals surface area contributed by atoms with Gasteiger partial charge in [0.15, 0.2) is 0 Å². The number of hydrazone groups is 1. The van der Waals surface area contributed by atoms with Crippen molar-refractivity contribution >= 4 is 12.3 Å². The lowest BCUT2D eigenvalue weighted by molar-refractivity contribution is 0.152. The maximum Gasteiger partial charge on any atom is 0.427 e. The Kier molecular flexibility index (Phi) is 4.28. The van der Waals surface area contributed by atoms with Gasteiger partial charge in [-0.2, -0.15) is 5.10 Å². The molecule has 1 aromatic carbocycles. The fourth-order valence-corrected chi connectivity index (χ4v) is 0.898. The zero-order valence-electron chi connectivity index (χ0n) is 8.24. The van der Waals surface area contributed by atoms with Crippen LogP contribution in [0.15, 0.2) is 29.4 Å². The van der Waals surface area contributed by atoms with Crippen LogP contribution in [0.4, 0.5) is 9.18 Å². The smallest absolute Gasteiger partial charge is 0.427 e. The van der Waals surface area contributed by atoms with E-state index in [4.69, 9.17) is 0 Å². The molecule has 5 heteroatoms. The van der Waals surface area contributed by atoms with Crippen LogP contribution in [0, 0.1) is 5.82 Å². The van der Waals surface area contributed by atoms with Crippen molar-refractivity contribution in [3.63, 3.8) is 0 Å². The van der Waals surface area contributed by atoms with Gasteiger partial charge in [0.2, 0.25) is 0 Å². The molecule has 0 saturated heterocycles. The molecule has 0 bridgehead atoms.